The molecule has 0 aliphatic carbocycles. The summed E-state index contributed by atoms with van der Waals surface area (Å²) in [5.41, 5.74) is 0.692. The summed E-state index contributed by atoms with van der Waals surface area (Å²) < 4.78 is 7.23. The van der Waals surface area contributed by atoms with E-state index in [4.69, 9.17) is 4.74 Å². The molecule has 1 heterocycles. The molecular formula is C13H22N2O2. The Morgan fingerprint density at radius 3 is 2.82 bits per heavy atom. The van der Waals surface area contributed by atoms with Gasteiger partial charge in [-0.3, -0.25) is 4.79 Å². The maximum absolute atomic E-state index is 11.7. The zero-order valence-corrected chi connectivity index (χ0v) is 10.7. The van der Waals surface area contributed by atoms with Crippen LogP contribution in [0, 0.1) is 0 Å². The third-order valence-electron chi connectivity index (χ3n) is 2.57. The zero-order valence-electron chi connectivity index (χ0n) is 10.7. The topological polar surface area (TPSA) is 43.3 Å². The van der Waals surface area contributed by atoms with Crippen molar-refractivity contribution in [2.75, 3.05) is 19.8 Å². The number of nitrogens with one attached hydrogen (secondary N) is 1. The first-order chi connectivity index (χ1) is 8.25. The maximum Gasteiger partial charge on any atom is 0.267 e. The summed E-state index contributed by atoms with van der Waals surface area (Å²) in [5.74, 6) is -0.0222. The largest absolute Gasteiger partial charge is 0.381 e. The van der Waals surface area contributed by atoms with E-state index in [0.29, 0.717) is 18.8 Å². The normalized spacial score (nSPS) is 10.5. The van der Waals surface area contributed by atoms with E-state index in [2.05, 4.69) is 12.2 Å². The van der Waals surface area contributed by atoms with Crippen molar-refractivity contribution in [3.63, 3.8) is 0 Å². The van der Waals surface area contributed by atoms with Crippen molar-refractivity contribution in [3.05, 3.63) is 24.0 Å². The molecule has 0 atom stereocenters. The van der Waals surface area contributed by atoms with Gasteiger partial charge >= 0.3 is 0 Å². The molecule has 0 aromatic carbocycles. The number of aryl methyl sites for hydroxylation is 1. The summed E-state index contributed by atoms with van der Waals surface area (Å²) in [7, 11) is 1.86. The number of carbonyl (C=O) groups excluding carboxylic acids is 1. The fourth-order valence-electron chi connectivity index (χ4n) is 1.51. The first-order valence-electron chi connectivity index (χ1n) is 6.23. The minimum absolute atomic E-state index is 0.0222. The molecule has 1 N–H and O–H groups in total. The fraction of sp³-hybridized carbons (Fsp3) is 0.615. The molecule has 0 saturated carbocycles. The third kappa shape index (κ3) is 5.04. The van der Waals surface area contributed by atoms with Gasteiger partial charge in [-0.25, -0.2) is 0 Å². The van der Waals surface area contributed by atoms with Crippen LogP contribution >= 0.6 is 0 Å². The second-order valence-corrected chi connectivity index (χ2v) is 4.08. The lowest BCUT2D eigenvalue weighted by atomic mass is 10.3. The molecule has 4 nitrogen and oxygen atoms in total. The van der Waals surface area contributed by atoms with Gasteiger partial charge in [-0.05, 0) is 25.0 Å². The minimum atomic E-state index is -0.0222. The summed E-state index contributed by atoms with van der Waals surface area (Å²) in [5, 5.41) is 2.88. The van der Waals surface area contributed by atoms with Crippen LogP contribution < -0.4 is 5.32 Å². The molecule has 0 bridgehead atoms. The first kappa shape index (κ1) is 13.8. The van der Waals surface area contributed by atoms with E-state index >= 15 is 0 Å². The average molecular weight is 238 g/mol. The third-order valence-corrected chi connectivity index (χ3v) is 2.57. The number of aromatic nitrogens is 1. The smallest absolute Gasteiger partial charge is 0.267 e. The highest BCUT2D eigenvalue weighted by molar-refractivity contribution is 5.92. The molecule has 0 saturated heterocycles. The highest BCUT2D eigenvalue weighted by atomic mass is 16.5. The van der Waals surface area contributed by atoms with Crippen molar-refractivity contribution < 1.29 is 9.53 Å². The summed E-state index contributed by atoms with van der Waals surface area (Å²) in [6, 6.07) is 3.68. The molecule has 4 heteroatoms. The van der Waals surface area contributed by atoms with Gasteiger partial charge < -0.3 is 14.6 Å². The van der Waals surface area contributed by atoms with Crippen molar-refractivity contribution in [3.8, 4) is 0 Å². The number of hydrogen-bond donors (Lipinski definition) is 1. The predicted molar refractivity (Wildman–Crippen MR) is 68.1 cm³/mol. The van der Waals surface area contributed by atoms with Crippen LogP contribution in [0.3, 0.4) is 0 Å². The molecule has 0 aliphatic rings. The van der Waals surface area contributed by atoms with Gasteiger partial charge in [-0.1, -0.05) is 13.3 Å². The molecule has 1 rings (SSSR count). The Labute approximate surface area is 103 Å². The number of unbranched alkanes of at least 4 members (excludes halogenated alkanes) is 1. The summed E-state index contributed by atoms with van der Waals surface area (Å²) in [6.45, 7) is 4.34. The van der Waals surface area contributed by atoms with E-state index in [1.165, 1.54) is 0 Å². The Bertz CT molecular complexity index is 334. The van der Waals surface area contributed by atoms with Crippen LogP contribution in [0.5, 0.6) is 0 Å². The lowest BCUT2D eigenvalue weighted by Crippen LogP contribution is -2.26. The number of carbonyl (C=O) groups is 1. The van der Waals surface area contributed by atoms with Crippen molar-refractivity contribution in [1.82, 2.24) is 9.88 Å². The molecule has 96 valence electrons. The Kier molecular flexibility index (Phi) is 6.40. The van der Waals surface area contributed by atoms with Crippen molar-refractivity contribution in [2.24, 2.45) is 7.05 Å². The summed E-state index contributed by atoms with van der Waals surface area (Å²) in [4.78, 5) is 11.7. The lowest BCUT2D eigenvalue weighted by Gasteiger charge is -2.06. The maximum atomic E-state index is 11.7. The van der Waals surface area contributed by atoms with E-state index in [1.807, 2.05) is 29.9 Å². The van der Waals surface area contributed by atoms with Crippen LogP contribution in [0.15, 0.2) is 18.3 Å². The number of hydrogen-bond acceptors (Lipinski definition) is 2. The van der Waals surface area contributed by atoms with Crippen LogP contribution in [0.4, 0.5) is 0 Å². The predicted octanol–water partition coefficient (Wildman–Crippen LogP) is 1.96. The highest BCUT2D eigenvalue weighted by Crippen LogP contribution is 1.98. The van der Waals surface area contributed by atoms with Gasteiger partial charge in [0.25, 0.3) is 5.91 Å². The molecular weight excluding hydrogens is 216 g/mol. The van der Waals surface area contributed by atoms with Gasteiger partial charge in [-0.15, -0.1) is 0 Å². The van der Waals surface area contributed by atoms with Crippen LogP contribution in [0.2, 0.25) is 0 Å². The standard InChI is InChI=1S/C13H22N2O2/c1-3-4-10-17-11-6-8-14-13(16)12-7-5-9-15(12)2/h5,7,9H,3-4,6,8,10-11H2,1-2H3,(H,14,16). The number of amides is 1. The molecule has 0 unspecified atom stereocenters. The molecule has 1 aromatic heterocycles. The Morgan fingerprint density at radius 1 is 1.41 bits per heavy atom. The highest BCUT2D eigenvalue weighted by Gasteiger charge is 2.06. The van der Waals surface area contributed by atoms with Gasteiger partial charge in [0.1, 0.15) is 5.69 Å². The van der Waals surface area contributed by atoms with Crippen LogP contribution in [0.25, 0.3) is 0 Å². The molecule has 0 fully saturated rings. The van der Waals surface area contributed by atoms with E-state index < -0.39 is 0 Å². The Hall–Kier alpha value is -1.29. The van der Waals surface area contributed by atoms with E-state index in [9.17, 15) is 4.79 Å². The number of nitrogens with zero attached hydrogens (tertiary/aromatic N) is 1. The van der Waals surface area contributed by atoms with Crippen molar-refractivity contribution in [1.29, 1.82) is 0 Å². The van der Waals surface area contributed by atoms with Crippen molar-refractivity contribution in [2.45, 2.75) is 26.2 Å². The second-order valence-electron chi connectivity index (χ2n) is 4.08. The van der Waals surface area contributed by atoms with Crippen LogP contribution in [-0.2, 0) is 11.8 Å². The average Bonchev–Trinajstić information content (AvgIpc) is 2.74. The first-order valence-corrected chi connectivity index (χ1v) is 6.23. The number of ether oxygens (including phenoxy) is 1. The Balaban J connectivity index is 2.07. The summed E-state index contributed by atoms with van der Waals surface area (Å²) >= 11 is 0. The van der Waals surface area contributed by atoms with Gasteiger partial charge in [0.2, 0.25) is 0 Å². The minimum Gasteiger partial charge on any atom is -0.381 e. The molecule has 1 amide bonds. The molecule has 0 radical (unpaired) electrons. The Morgan fingerprint density at radius 2 is 2.18 bits per heavy atom. The zero-order chi connectivity index (χ0) is 12.5. The molecule has 1 aromatic rings. The van der Waals surface area contributed by atoms with Crippen LogP contribution in [-0.4, -0.2) is 30.2 Å². The van der Waals surface area contributed by atoms with E-state index in [1.54, 1.807) is 0 Å². The molecule has 0 spiro atoms. The molecule has 17 heavy (non-hydrogen) atoms. The van der Waals surface area contributed by atoms with Crippen molar-refractivity contribution >= 4 is 5.91 Å². The lowest BCUT2D eigenvalue weighted by molar-refractivity contribution is 0.0932. The van der Waals surface area contributed by atoms with Gasteiger partial charge in [0.15, 0.2) is 0 Å². The van der Waals surface area contributed by atoms with Gasteiger partial charge in [-0.2, -0.15) is 0 Å². The molecule has 0 aliphatic heterocycles. The van der Waals surface area contributed by atoms with Gasteiger partial charge in [0, 0.05) is 33.0 Å². The SMILES string of the molecule is CCCCOCCCNC(=O)c1cccn1C. The second kappa shape index (κ2) is 7.90. The quantitative estimate of drug-likeness (QED) is 0.704. The van der Waals surface area contributed by atoms with E-state index in [0.717, 1.165) is 25.9 Å². The number of rotatable bonds is 8. The van der Waals surface area contributed by atoms with E-state index in [-0.39, 0.29) is 5.91 Å². The van der Waals surface area contributed by atoms with Crippen LogP contribution in [0.1, 0.15) is 36.7 Å². The fourth-order valence-corrected chi connectivity index (χ4v) is 1.51. The monoisotopic (exact) mass is 238 g/mol. The summed E-state index contributed by atoms with van der Waals surface area (Å²) in [6.07, 6.45) is 4.99. The van der Waals surface area contributed by atoms with Gasteiger partial charge in [0.05, 0.1) is 0 Å².